The Kier molecular flexibility index (Phi) is 4.29. The van der Waals surface area contributed by atoms with Gasteiger partial charge in [0.2, 0.25) is 11.8 Å². The molecule has 2 N–H and O–H groups in total. The molecule has 0 aliphatic heterocycles. The molecule has 0 saturated carbocycles. The van der Waals surface area contributed by atoms with E-state index in [-0.39, 0.29) is 28.8 Å². The molecule has 0 bridgehead atoms. The lowest BCUT2D eigenvalue weighted by Crippen LogP contribution is -2.13. The number of aliphatic hydroxyl groups is 1. The maximum Gasteiger partial charge on any atom is 0.354 e. The van der Waals surface area contributed by atoms with Crippen LogP contribution in [0.25, 0.3) is 0 Å². The Bertz CT molecular complexity index is 640. The van der Waals surface area contributed by atoms with E-state index in [0.29, 0.717) is 0 Å². The SMILES string of the molecule is COc1cc(OC)nc(C(O)c2cccnc2C(=O)O)n1. The third kappa shape index (κ3) is 3.06. The number of aromatic carboxylic acids is 1. The highest BCUT2D eigenvalue weighted by Crippen LogP contribution is 2.25. The van der Waals surface area contributed by atoms with Gasteiger partial charge < -0.3 is 19.7 Å². The van der Waals surface area contributed by atoms with Crippen molar-refractivity contribution >= 4 is 5.97 Å². The van der Waals surface area contributed by atoms with E-state index >= 15 is 0 Å². The average Bonchev–Trinajstić information content (AvgIpc) is 2.53. The Morgan fingerprint density at radius 3 is 2.38 bits per heavy atom. The van der Waals surface area contributed by atoms with Crippen molar-refractivity contribution in [3.05, 3.63) is 41.5 Å². The topological polar surface area (TPSA) is 115 Å². The average molecular weight is 291 g/mol. The Labute approximate surface area is 120 Å². The molecule has 0 aliphatic rings. The molecule has 0 spiro atoms. The quantitative estimate of drug-likeness (QED) is 0.826. The Morgan fingerprint density at radius 1 is 1.24 bits per heavy atom. The van der Waals surface area contributed by atoms with Gasteiger partial charge >= 0.3 is 5.97 Å². The van der Waals surface area contributed by atoms with E-state index in [2.05, 4.69) is 15.0 Å². The Morgan fingerprint density at radius 2 is 1.86 bits per heavy atom. The first-order valence-corrected chi connectivity index (χ1v) is 5.90. The number of hydrogen-bond acceptors (Lipinski definition) is 7. The normalized spacial score (nSPS) is 11.8. The lowest BCUT2D eigenvalue weighted by molar-refractivity contribution is 0.0684. The summed E-state index contributed by atoms with van der Waals surface area (Å²) in [5.41, 5.74) is -0.185. The second-order valence-electron chi connectivity index (χ2n) is 3.96. The van der Waals surface area contributed by atoms with Crippen LogP contribution >= 0.6 is 0 Å². The molecular weight excluding hydrogens is 278 g/mol. The van der Waals surface area contributed by atoms with Crippen LogP contribution < -0.4 is 9.47 Å². The summed E-state index contributed by atoms with van der Waals surface area (Å²) in [6, 6.07) is 4.40. The number of hydrogen-bond donors (Lipinski definition) is 2. The highest BCUT2D eigenvalue weighted by atomic mass is 16.5. The van der Waals surface area contributed by atoms with Crippen molar-refractivity contribution in [3.63, 3.8) is 0 Å². The van der Waals surface area contributed by atoms with Crippen molar-refractivity contribution in [1.29, 1.82) is 0 Å². The molecule has 2 heterocycles. The number of carboxylic acid groups (broad SMARTS) is 1. The van der Waals surface area contributed by atoms with Gasteiger partial charge in [0, 0.05) is 11.8 Å². The van der Waals surface area contributed by atoms with Crippen LogP contribution in [0.5, 0.6) is 11.8 Å². The highest BCUT2D eigenvalue weighted by molar-refractivity contribution is 5.87. The zero-order chi connectivity index (χ0) is 15.4. The summed E-state index contributed by atoms with van der Waals surface area (Å²) in [5.74, 6) is -0.908. The molecule has 0 radical (unpaired) electrons. The second-order valence-corrected chi connectivity index (χ2v) is 3.96. The smallest absolute Gasteiger partial charge is 0.354 e. The molecule has 8 nitrogen and oxygen atoms in total. The van der Waals surface area contributed by atoms with Crippen molar-refractivity contribution in [3.8, 4) is 11.8 Å². The first-order valence-electron chi connectivity index (χ1n) is 5.90. The largest absolute Gasteiger partial charge is 0.481 e. The molecule has 2 rings (SSSR count). The van der Waals surface area contributed by atoms with E-state index in [9.17, 15) is 9.90 Å². The summed E-state index contributed by atoms with van der Waals surface area (Å²) in [5, 5.41) is 19.4. The monoisotopic (exact) mass is 291 g/mol. The van der Waals surface area contributed by atoms with Gasteiger partial charge in [-0.15, -0.1) is 0 Å². The van der Waals surface area contributed by atoms with Crippen molar-refractivity contribution in [2.24, 2.45) is 0 Å². The van der Waals surface area contributed by atoms with Crippen LogP contribution in [0.1, 0.15) is 28.0 Å². The summed E-state index contributed by atoms with van der Waals surface area (Å²) in [4.78, 5) is 22.9. The van der Waals surface area contributed by atoms with Crippen LogP contribution in [0.15, 0.2) is 24.4 Å². The zero-order valence-electron chi connectivity index (χ0n) is 11.3. The minimum absolute atomic E-state index is 0.0401. The van der Waals surface area contributed by atoms with Gasteiger partial charge in [-0.1, -0.05) is 6.07 Å². The lowest BCUT2D eigenvalue weighted by Gasteiger charge is -2.13. The highest BCUT2D eigenvalue weighted by Gasteiger charge is 2.23. The van der Waals surface area contributed by atoms with Crippen molar-refractivity contribution in [1.82, 2.24) is 15.0 Å². The van der Waals surface area contributed by atoms with E-state index < -0.39 is 12.1 Å². The fourth-order valence-corrected chi connectivity index (χ4v) is 1.71. The number of carboxylic acids is 1. The third-order valence-corrected chi connectivity index (χ3v) is 2.70. The molecule has 1 unspecified atom stereocenters. The Hall–Kier alpha value is -2.74. The second kappa shape index (κ2) is 6.14. The van der Waals surface area contributed by atoms with E-state index in [1.807, 2.05) is 0 Å². The van der Waals surface area contributed by atoms with Gasteiger partial charge in [0.15, 0.2) is 11.5 Å². The van der Waals surface area contributed by atoms with Gasteiger partial charge in [0.1, 0.15) is 6.10 Å². The minimum Gasteiger partial charge on any atom is -0.481 e. The molecule has 8 heteroatoms. The number of ether oxygens (including phenoxy) is 2. The fraction of sp³-hybridized carbons (Fsp3) is 0.231. The van der Waals surface area contributed by atoms with Gasteiger partial charge in [0.05, 0.1) is 20.3 Å². The molecule has 2 aromatic heterocycles. The maximum atomic E-state index is 11.1. The predicted molar refractivity (Wildman–Crippen MR) is 70.4 cm³/mol. The number of pyridine rings is 1. The van der Waals surface area contributed by atoms with Crippen molar-refractivity contribution in [2.75, 3.05) is 14.2 Å². The first-order chi connectivity index (χ1) is 10.1. The molecule has 0 aromatic carbocycles. The minimum atomic E-state index is -1.37. The van der Waals surface area contributed by atoms with Crippen LogP contribution in [0, 0.1) is 0 Å². The molecule has 0 amide bonds. The zero-order valence-corrected chi connectivity index (χ0v) is 11.3. The fourth-order valence-electron chi connectivity index (χ4n) is 1.71. The van der Waals surface area contributed by atoms with E-state index in [4.69, 9.17) is 14.6 Å². The van der Waals surface area contributed by atoms with Crippen molar-refractivity contribution in [2.45, 2.75) is 6.10 Å². The van der Waals surface area contributed by atoms with Crippen LogP contribution in [0.3, 0.4) is 0 Å². The van der Waals surface area contributed by atoms with E-state index in [0.717, 1.165) is 0 Å². The predicted octanol–water partition coefficient (Wildman–Crippen LogP) is 0.669. The number of nitrogens with zero attached hydrogens (tertiary/aromatic N) is 3. The molecular formula is C13H13N3O5. The summed E-state index contributed by atoms with van der Waals surface area (Å²) in [6.07, 6.45) is -0.0408. The standard InChI is InChI=1S/C13H13N3O5/c1-20-8-6-9(21-2)16-12(15-8)11(17)7-4-3-5-14-10(7)13(18)19/h3-6,11,17H,1-2H3,(H,18,19). The van der Waals surface area contributed by atoms with Crippen LogP contribution in [0.4, 0.5) is 0 Å². The van der Waals surface area contributed by atoms with Crippen LogP contribution in [-0.4, -0.2) is 45.4 Å². The summed E-state index contributed by atoms with van der Waals surface area (Å²) < 4.78 is 9.97. The molecule has 21 heavy (non-hydrogen) atoms. The summed E-state index contributed by atoms with van der Waals surface area (Å²) in [6.45, 7) is 0. The number of aromatic nitrogens is 3. The molecule has 110 valence electrons. The first kappa shape index (κ1) is 14.7. The summed E-state index contributed by atoms with van der Waals surface area (Å²) in [7, 11) is 2.81. The van der Waals surface area contributed by atoms with Gasteiger partial charge in [0.25, 0.3) is 0 Å². The number of rotatable bonds is 5. The van der Waals surface area contributed by atoms with Gasteiger partial charge in [-0.05, 0) is 6.07 Å². The van der Waals surface area contributed by atoms with Gasteiger partial charge in [-0.25, -0.2) is 9.78 Å². The lowest BCUT2D eigenvalue weighted by atomic mass is 10.1. The van der Waals surface area contributed by atoms with E-state index in [1.165, 1.54) is 38.6 Å². The van der Waals surface area contributed by atoms with Gasteiger partial charge in [-0.3, -0.25) is 0 Å². The molecule has 0 aliphatic carbocycles. The third-order valence-electron chi connectivity index (χ3n) is 2.70. The van der Waals surface area contributed by atoms with Gasteiger partial charge in [-0.2, -0.15) is 9.97 Å². The molecule has 2 aromatic rings. The Balaban J connectivity index is 2.49. The maximum absolute atomic E-state index is 11.1. The molecule has 1 atom stereocenters. The molecule has 0 fully saturated rings. The summed E-state index contributed by atoms with van der Waals surface area (Å²) >= 11 is 0. The van der Waals surface area contributed by atoms with Crippen LogP contribution in [0.2, 0.25) is 0 Å². The van der Waals surface area contributed by atoms with E-state index in [1.54, 1.807) is 0 Å². The van der Waals surface area contributed by atoms with Crippen LogP contribution in [-0.2, 0) is 0 Å². The molecule has 0 saturated heterocycles. The number of aliphatic hydroxyl groups excluding tert-OH is 1. The number of methoxy groups -OCH3 is 2. The van der Waals surface area contributed by atoms with Crippen molar-refractivity contribution < 1.29 is 24.5 Å². The number of carbonyl (C=O) groups is 1.